The first kappa shape index (κ1) is 15.5. The van der Waals surface area contributed by atoms with E-state index in [9.17, 15) is 8.42 Å². The van der Waals surface area contributed by atoms with Crippen LogP contribution in [0.1, 0.15) is 25.7 Å². The molecule has 0 saturated heterocycles. The van der Waals surface area contributed by atoms with Crippen LogP contribution in [-0.4, -0.2) is 27.0 Å². The number of unbranched alkanes of at least 4 members (excludes halogenated alkanes) is 3. The number of benzene rings is 1. The van der Waals surface area contributed by atoms with E-state index in [0.717, 1.165) is 12.8 Å². The summed E-state index contributed by atoms with van der Waals surface area (Å²) in [6, 6.07) is 8.50. The van der Waals surface area contributed by atoms with E-state index in [2.05, 4.69) is 11.0 Å². The lowest BCUT2D eigenvalue weighted by atomic mass is 10.2. The number of sulfonamides is 1. The van der Waals surface area contributed by atoms with Crippen molar-refractivity contribution in [3.63, 3.8) is 0 Å². The first-order chi connectivity index (χ1) is 8.67. The first-order valence-corrected chi connectivity index (χ1v) is 9.08. The summed E-state index contributed by atoms with van der Waals surface area (Å²) in [6.07, 6.45) is 6.48. The Labute approximate surface area is 114 Å². The van der Waals surface area contributed by atoms with Crippen LogP contribution in [0.4, 0.5) is 0 Å². The maximum absolute atomic E-state index is 11.9. The predicted molar refractivity (Wildman–Crippen MR) is 78.5 cm³/mol. The monoisotopic (exact) mass is 287 g/mol. The second-order valence-corrected chi connectivity index (χ2v) is 6.87. The fourth-order valence-electron chi connectivity index (χ4n) is 1.61. The fraction of sp³-hybridized carbons (Fsp3) is 0.538. The number of hydrogen-bond acceptors (Lipinski definition) is 3. The molecular weight excluding hydrogens is 266 g/mol. The number of rotatable bonds is 9. The van der Waals surface area contributed by atoms with E-state index in [0.29, 0.717) is 11.4 Å². The molecule has 0 aliphatic rings. The van der Waals surface area contributed by atoms with Crippen LogP contribution in [0.15, 0.2) is 35.2 Å². The summed E-state index contributed by atoms with van der Waals surface area (Å²) in [6.45, 7) is 0.524. The van der Waals surface area contributed by atoms with E-state index < -0.39 is 10.0 Å². The van der Waals surface area contributed by atoms with Gasteiger partial charge in [-0.15, -0.1) is 0 Å². The van der Waals surface area contributed by atoms with Crippen molar-refractivity contribution >= 4 is 21.8 Å². The van der Waals surface area contributed by atoms with Gasteiger partial charge >= 0.3 is 0 Å². The molecule has 5 heteroatoms. The van der Waals surface area contributed by atoms with Gasteiger partial charge in [0.25, 0.3) is 0 Å². The third-order valence-corrected chi connectivity index (χ3v) is 4.79. The Morgan fingerprint density at radius 1 is 1.06 bits per heavy atom. The van der Waals surface area contributed by atoms with E-state index in [-0.39, 0.29) is 0 Å². The van der Waals surface area contributed by atoms with Crippen LogP contribution in [0.25, 0.3) is 0 Å². The highest BCUT2D eigenvalue weighted by molar-refractivity contribution is 7.98. The van der Waals surface area contributed by atoms with Crippen LogP contribution in [0, 0.1) is 0 Å². The summed E-state index contributed by atoms with van der Waals surface area (Å²) in [4.78, 5) is 0.340. The molecule has 0 heterocycles. The van der Waals surface area contributed by atoms with Gasteiger partial charge in [0, 0.05) is 6.54 Å². The van der Waals surface area contributed by atoms with Crippen molar-refractivity contribution in [2.45, 2.75) is 30.6 Å². The number of thioether (sulfide) groups is 1. The molecule has 0 saturated carbocycles. The molecule has 102 valence electrons. The van der Waals surface area contributed by atoms with Crippen molar-refractivity contribution in [3.05, 3.63) is 30.3 Å². The standard InChI is InChI=1S/C13H21NO2S2/c1-17-12-8-3-2-7-11-14-18(15,16)13-9-5-4-6-10-13/h4-6,9-10,14H,2-3,7-8,11-12H2,1H3. The average Bonchev–Trinajstić information content (AvgIpc) is 2.39. The zero-order chi connectivity index (χ0) is 13.3. The van der Waals surface area contributed by atoms with Crippen molar-refractivity contribution in [2.75, 3.05) is 18.6 Å². The zero-order valence-corrected chi connectivity index (χ0v) is 12.4. The molecule has 3 nitrogen and oxygen atoms in total. The molecule has 0 bridgehead atoms. The Morgan fingerprint density at radius 2 is 1.72 bits per heavy atom. The molecule has 0 amide bonds. The minimum absolute atomic E-state index is 0.340. The smallest absolute Gasteiger partial charge is 0.211 e. The van der Waals surface area contributed by atoms with Crippen molar-refractivity contribution < 1.29 is 8.42 Å². The molecule has 0 aliphatic heterocycles. The van der Waals surface area contributed by atoms with E-state index in [1.807, 2.05) is 17.8 Å². The third-order valence-electron chi connectivity index (χ3n) is 2.62. The van der Waals surface area contributed by atoms with Gasteiger partial charge in [-0.3, -0.25) is 0 Å². The Hall–Kier alpha value is -0.520. The van der Waals surface area contributed by atoms with E-state index >= 15 is 0 Å². The predicted octanol–water partition coefficient (Wildman–Crippen LogP) is 2.89. The molecule has 0 spiro atoms. The molecule has 0 fully saturated rings. The van der Waals surface area contributed by atoms with Gasteiger partial charge in [0.1, 0.15) is 0 Å². The summed E-state index contributed by atoms with van der Waals surface area (Å²) in [5, 5.41) is 0. The SMILES string of the molecule is CSCCCCCCNS(=O)(=O)c1ccccc1. The van der Waals surface area contributed by atoms with Crippen LogP contribution in [0.3, 0.4) is 0 Å². The molecule has 0 unspecified atom stereocenters. The number of hydrogen-bond donors (Lipinski definition) is 1. The molecular formula is C13H21NO2S2. The van der Waals surface area contributed by atoms with E-state index in [1.54, 1.807) is 24.3 Å². The van der Waals surface area contributed by atoms with Crippen molar-refractivity contribution in [2.24, 2.45) is 0 Å². The summed E-state index contributed by atoms with van der Waals surface area (Å²) in [7, 11) is -3.31. The molecule has 0 atom stereocenters. The highest BCUT2D eigenvalue weighted by atomic mass is 32.2. The van der Waals surface area contributed by atoms with E-state index in [4.69, 9.17) is 0 Å². The lowest BCUT2D eigenvalue weighted by Gasteiger charge is -2.06. The lowest BCUT2D eigenvalue weighted by Crippen LogP contribution is -2.24. The first-order valence-electron chi connectivity index (χ1n) is 6.20. The summed E-state index contributed by atoms with van der Waals surface area (Å²) >= 11 is 1.86. The highest BCUT2D eigenvalue weighted by Gasteiger charge is 2.11. The Morgan fingerprint density at radius 3 is 2.39 bits per heavy atom. The largest absolute Gasteiger partial charge is 0.240 e. The second kappa shape index (κ2) is 8.56. The topological polar surface area (TPSA) is 46.2 Å². The van der Waals surface area contributed by atoms with Crippen LogP contribution in [0.5, 0.6) is 0 Å². The van der Waals surface area contributed by atoms with Gasteiger partial charge in [0.2, 0.25) is 10.0 Å². The van der Waals surface area contributed by atoms with Gasteiger partial charge in [0.05, 0.1) is 4.90 Å². The Kier molecular flexibility index (Phi) is 7.39. The van der Waals surface area contributed by atoms with Crippen LogP contribution < -0.4 is 4.72 Å². The number of nitrogens with one attached hydrogen (secondary N) is 1. The molecule has 1 aromatic carbocycles. The van der Waals surface area contributed by atoms with Crippen LogP contribution in [-0.2, 0) is 10.0 Å². The Bertz CT molecular complexity index is 418. The maximum Gasteiger partial charge on any atom is 0.240 e. The van der Waals surface area contributed by atoms with Gasteiger partial charge < -0.3 is 0 Å². The molecule has 0 radical (unpaired) electrons. The van der Waals surface area contributed by atoms with Gasteiger partial charge in [-0.1, -0.05) is 31.0 Å². The van der Waals surface area contributed by atoms with Gasteiger partial charge in [-0.05, 0) is 37.0 Å². The summed E-state index contributed by atoms with van der Waals surface area (Å²) in [5.41, 5.74) is 0. The summed E-state index contributed by atoms with van der Waals surface area (Å²) < 4.78 is 26.3. The third kappa shape index (κ3) is 5.89. The average molecular weight is 287 g/mol. The maximum atomic E-state index is 11.9. The van der Waals surface area contributed by atoms with Crippen LogP contribution in [0.2, 0.25) is 0 Å². The lowest BCUT2D eigenvalue weighted by molar-refractivity contribution is 0.574. The van der Waals surface area contributed by atoms with Crippen LogP contribution >= 0.6 is 11.8 Å². The van der Waals surface area contributed by atoms with Crippen molar-refractivity contribution in [1.82, 2.24) is 4.72 Å². The van der Waals surface area contributed by atoms with Crippen molar-refractivity contribution in [3.8, 4) is 0 Å². The molecule has 1 aromatic rings. The van der Waals surface area contributed by atoms with E-state index in [1.165, 1.54) is 18.6 Å². The minimum atomic E-state index is -3.31. The Balaban J connectivity index is 2.23. The molecule has 1 N–H and O–H groups in total. The molecule has 0 aliphatic carbocycles. The normalized spacial score (nSPS) is 11.6. The summed E-state index contributed by atoms with van der Waals surface area (Å²) in [5.74, 6) is 1.19. The minimum Gasteiger partial charge on any atom is -0.211 e. The van der Waals surface area contributed by atoms with Gasteiger partial charge in [-0.2, -0.15) is 11.8 Å². The fourth-order valence-corrected chi connectivity index (χ4v) is 3.20. The molecule has 0 aromatic heterocycles. The molecule has 18 heavy (non-hydrogen) atoms. The second-order valence-electron chi connectivity index (χ2n) is 4.12. The zero-order valence-electron chi connectivity index (χ0n) is 10.8. The van der Waals surface area contributed by atoms with Gasteiger partial charge in [-0.25, -0.2) is 13.1 Å². The molecule has 1 rings (SSSR count). The van der Waals surface area contributed by atoms with Crippen molar-refractivity contribution in [1.29, 1.82) is 0 Å². The quantitative estimate of drug-likeness (QED) is 0.710. The highest BCUT2D eigenvalue weighted by Crippen LogP contribution is 2.08. The van der Waals surface area contributed by atoms with Gasteiger partial charge in [0.15, 0.2) is 0 Å².